The van der Waals surface area contributed by atoms with Gasteiger partial charge in [-0.1, -0.05) is 214 Å². The molecule has 0 aromatic heterocycles. The molecule has 2 atom stereocenters. The molecule has 0 aromatic carbocycles. The smallest absolute Gasteiger partial charge is 0.361 e. The van der Waals surface area contributed by atoms with Gasteiger partial charge in [-0.25, -0.2) is 4.79 Å². The zero-order valence-electron chi connectivity index (χ0n) is 46.4. The molecule has 0 aliphatic heterocycles. The Labute approximate surface area is 436 Å². The molecule has 0 rings (SSSR count). The predicted octanol–water partition coefficient (Wildman–Crippen LogP) is 16.8. The summed E-state index contributed by atoms with van der Waals surface area (Å²) in [5.74, 6) is -2.04. The fourth-order valence-corrected chi connectivity index (χ4v) is 7.72. The van der Waals surface area contributed by atoms with Crippen LogP contribution in [0.3, 0.4) is 0 Å². The van der Waals surface area contributed by atoms with Crippen LogP contribution in [0.5, 0.6) is 0 Å². The maximum absolute atomic E-state index is 12.9. The van der Waals surface area contributed by atoms with Crippen LogP contribution in [-0.4, -0.2) is 87.4 Å². The third kappa shape index (κ3) is 54.1. The molecule has 0 amide bonds. The van der Waals surface area contributed by atoms with E-state index in [1.807, 2.05) is 21.1 Å². The first-order chi connectivity index (χ1) is 34.6. The second-order valence-corrected chi connectivity index (χ2v) is 20.2. The van der Waals surface area contributed by atoms with E-state index in [9.17, 15) is 19.5 Å². The molecule has 0 saturated carbocycles. The Morgan fingerprint density at radius 3 is 1.21 bits per heavy atom. The Hall–Kier alpha value is -3.53. The van der Waals surface area contributed by atoms with Crippen molar-refractivity contribution in [3.8, 4) is 0 Å². The number of carbonyl (C=O) groups is 3. The molecule has 71 heavy (non-hydrogen) atoms. The minimum atomic E-state index is -1.52. The molecule has 0 saturated heterocycles. The molecule has 1 N–H and O–H groups in total. The zero-order chi connectivity index (χ0) is 52.0. The van der Waals surface area contributed by atoms with E-state index >= 15 is 0 Å². The highest BCUT2D eigenvalue weighted by Crippen LogP contribution is 2.15. The Kier molecular flexibility index (Phi) is 50.2. The number of rotatable bonds is 52. The van der Waals surface area contributed by atoms with Crippen LogP contribution in [0.25, 0.3) is 0 Å². The van der Waals surface area contributed by atoms with Gasteiger partial charge in [-0.3, -0.25) is 9.59 Å². The van der Waals surface area contributed by atoms with E-state index < -0.39 is 24.3 Å². The van der Waals surface area contributed by atoms with Gasteiger partial charge in [0.2, 0.25) is 0 Å². The van der Waals surface area contributed by atoms with Gasteiger partial charge in [-0.2, -0.15) is 0 Å². The summed E-state index contributed by atoms with van der Waals surface area (Å²) >= 11 is 0. The van der Waals surface area contributed by atoms with Gasteiger partial charge in [0.15, 0.2) is 6.10 Å². The summed E-state index contributed by atoms with van der Waals surface area (Å²) in [6.45, 7) is 4.74. The lowest BCUT2D eigenvalue weighted by molar-refractivity contribution is -0.870. The van der Waals surface area contributed by atoms with Crippen molar-refractivity contribution in [1.82, 2.24) is 0 Å². The van der Waals surface area contributed by atoms with Gasteiger partial charge in [0, 0.05) is 12.8 Å². The molecule has 2 unspecified atom stereocenters. The highest BCUT2D eigenvalue weighted by Gasteiger charge is 2.25. The third-order valence-electron chi connectivity index (χ3n) is 12.1. The number of hydrogen-bond acceptors (Lipinski definition) is 7. The molecular formula is C62H108NO8+. The van der Waals surface area contributed by atoms with E-state index in [1.165, 1.54) is 116 Å². The van der Waals surface area contributed by atoms with E-state index in [1.54, 1.807) is 0 Å². The van der Waals surface area contributed by atoms with Crippen molar-refractivity contribution in [2.24, 2.45) is 0 Å². The number of unbranched alkanes of at least 4 members (excludes halogenated alkanes) is 23. The average Bonchev–Trinajstić information content (AvgIpc) is 3.34. The fraction of sp³-hybridized carbons (Fsp3) is 0.726. The Balaban J connectivity index is 4.33. The standard InChI is InChI=1S/C62H107NO8/c1-6-8-10-12-14-16-18-20-22-24-26-28-30-32-34-36-38-40-42-44-46-48-50-52-59(64)69-56-58(57-70-62(61(66)67)68-55-54-63(3,4)5)71-60(65)53-51-49-47-45-43-41-39-37-35-33-31-29-27-25-23-21-19-17-15-13-11-9-7-2/h9,11,15,17,21,23-24,26-27,29,33,35,39,41,58,62H,6-8,10,12-14,16,18-20,22,25,28,30-32,34,36-38,40,42-57H2,1-5H3/p+1/b11-9-,17-15-,23-21-,26-24-,29-27-,35-33-,41-39-. The second-order valence-electron chi connectivity index (χ2n) is 20.2. The van der Waals surface area contributed by atoms with Crippen molar-refractivity contribution >= 4 is 17.9 Å². The van der Waals surface area contributed by atoms with Gasteiger partial charge in [0.05, 0.1) is 34.4 Å². The number of carbonyl (C=O) groups excluding carboxylic acids is 2. The number of quaternary nitrogens is 1. The highest BCUT2D eigenvalue weighted by molar-refractivity contribution is 5.71. The Morgan fingerprint density at radius 2 is 0.803 bits per heavy atom. The molecule has 408 valence electrons. The number of carboxylic acid groups (broad SMARTS) is 1. The van der Waals surface area contributed by atoms with Gasteiger partial charge in [0.1, 0.15) is 13.2 Å². The lowest BCUT2D eigenvalue weighted by atomic mass is 10.0. The van der Waals surface area contributed by atoms with Crippen LogP contribution >= 0.6 is 0 Å². The number of esters is 2. The summed E-state index contributed by atoms with van der Waals surface area (Å²) in [5, 5.41) is 9.70. The summed E-state index contributed by atoms with van der Waals surface area (Å²) in [6, 6.07) is 0. The molecule has 9 heteroatoms. The molecular weight excluding hydrogens is 887 g/mol. The normalized spacial score (nSPS) is 13.4. The maximum atomic E-state index is 12.9. The summed E-state index contributed by atoms with van der Waals surface area (Å²) in [7, 11) is 5.95. The number of hydrogen-bond donors (Lipinski definition) is 1. The SMILES string of the molecule is CC/C=C\C/C=C\C/C=C\C/C=C\C/C=C\C/C=C\CCCCCCC(=O)OC(COC(=O)CCCCCCCCCCCCC/C=C\CCCCCCCCCC)COC(OCC[N+](C)(C)C)C(=O)O. The van der Waals surface area contributed by atoms with Crippen LogP contribution < -0.4 is 0 Å². The number of aliphatic carboxylic acids is 1. The van der Waals surface area contributed by atoms with Gasteiger partial charge >= 0.3 is 17.9 Å². The molecule has 0 aromatic rings. The minimum absolute atomic E-state index is 0.178. The zero-order valence-corrected chi connectivity index (χ0v) is 46.4. The number of allylic oxidation sites excluding steroid dienone is 14. The largest absolute Gasteiger partial charge is 0.477 e. The van der Waals surface area contributed by atoms with Gasteiger partial charge in [-0.05, 0) is 89.9 Å². The Morgan fingerprint density at radius 1 is 0.437 bits per heavy atom. The first-order valence-corrected chi connectivity index (χ1v) is 28.8. The lowest BCUT2D eigenvalue weighted by Gasteiger charge is -2.25. The predicted molar refractivity (Wildman–Crippen MR) is 299 cm³/mol. The molecule has 0 fully saturated rings. The van der Waals surface area contributed by atoms with Gasteiger partial charge in [0.25, 0.3) is 6.29 Å². The van der Waals surface area contributed by atoms with Crippen molar-refractivity contribution < 1.29 is 42.9 Å². The Bertz CT molecular complexity index is 1440. The summed E-state index contributed by atoms with van der Waals surface area (Å²) < 4.78 is 22.8. The van der Waals surface area contributed by atoms with Crippen LogP contribution in [0.15, 0.2) is 85.1 Å². The van der Waals surface area contributed by atoms with Crippen molar-refractivity contribution in [1.29, 1.82) is 0 Å². The molecule has 0 spiro atoms. The monoisotopic (exact) mass is 995 g/mol. The first kappa shape index (κ1) is 67.5. The van der Waals surface area contributed by atoms with Crippen LogP contribution in [0.2, 0.25) is 0 Å². The van der Waals surface area contributed by atoms with Crippen molar-refractivity contribution in [2.45, 2.75) is 245 Å². The highest BCUT2D eigenvalue weighted by atomic mass is 16.7. The van der Waals surface area contributed by atoms with Crippen molar-refractivity contribution in [2.75, 3.05) is 47.5 Å². The van der Waals surface area contributed by atoms with Gasteiger partial charge < -0.3 is 28.5 Å². The molecule has 0 radical (unpaired) electrons. The van der Waals surface area contributed by atoms with Gasteiger partial charge in [-0.15, -0.1) is 0 Å². The number of carboxylic acids is 1. The van der Waals surface area contributed by atoms with E-state index in [2.05, 4.69) is 98.9 Å². The second kappa shape index (κ2) is 52.8. The molecule has 9 nitrogen and oxygen atoms in total. The molecule has 0 bridgehead atoms. The fourth-order valence-electron chi connectivity index (χ4n) is 7.72. The molecule has 0 aliphatic rings. The van der Waals surface area contributed by atoms with Crippen molar-refractivity contribution in [3.63, 3.8) is 0 Å². The maximum Gasteiger partial charge on any atom is 0.361 e. The van der Waals surface area contributed by atoms with E-state index in [4.69, 9.17) is 18.9 Å². The number of ether oxygens (including phenoxy) is 4. The minimum Gasteiger partial charge on any atom is -0.477 e. The average molecular weight is 996 g/mol. The van der Waals surface area contributed by atoms with E-state index in [0.29, 0.717) is 23.9 Å². The summed E-state index contributed by atoms with van der Waals surface area (Å²) in [4.78, 5) is 37.4. The topological polar surface area (TPSA) is 108 Å². The number of nitrogens with zero attached hydrogens (tertiary/aromatic N) is 1. The quantitative estimate of drug-likeness (QED) is 0.0211. The first-order valence-electron chi connectivity index (χ1n) is 28.8. The summed E-state index contributed by atoms with van der Waals surface area (Å²) in [6.07, 6.45) is 66.6. The summed E-state index contributed by atoms with van der Waals surface area (Å²) in [5.41, 5.74) is 0. The van der Waals surface area contributed by atoms with Crippen LogP contribution in [0.4, 0.5) is 0 Å². The van der Waals surface area contributed by atoms with Crippen LogP contribution in [0, 0.1) is 0 Å². The van der Waals surface area contributed by atoms with E-state index in [0.717, 1.165) is 83.5 Å². The van der Waals surface area contributed by atoms with Crippen molar-refractivity contribution in [3.05, 3.63) is 85.1 Å². The molecule has 0 aliphatic carbocycles. The lowest BCUT2D eigenvalue weighted by Crippen LogP contribution is -2.40. The van der Waals surface area contributed by atoms with Crippen LogP contribution in [0.1, 0.15) is 232 Å². The molecule has 0 heterocycles. The van der Waals surface area contributed by atoms with Crippen LogP contribution in [-0.2, 0) is 33.3 Å². The number of likely N-dealkylation sites (N-methyl/N-ethyl adjacent to an activating group) is 1. The van der Waals surface area contributed by atoms with E-state index in [-0.39, 0.29) is 32.2 Å². The third-order valence-corrected chi connectivity index (χ3v) is 12.1.